The summed E-state index contributed by atoms with van der Waals surface area (Å²) in [5, 5.41) is 13.1. The minimum Gasteiger partial charge on any atom is -0.447 e. The van der Waals surface area contributed by atoms with Crippen molar-refractivity contribution in [2.24, 2.45) is 5.92 Å². The van der Waals surface area contributed by atoms with Gasteiger partial charge in [-0.25, -0.2) is 4.98 Å². The Hall–Kier alpha value is -1.44. The van der Waals surface area contributed by atoms with Crippen molar-refractivity contribution < 1.29 is 14.3 Å². The molecule has 2 N–H and O–H groups in total. The number of carbonyl (C=O) groups is 1. The predicted molar refractivity (Wildman–Crippen MR) is 103 cm³/mol. The summed E-state index contributed by atoms with van der Waals surface area (Å²) in [5.74, 6) is 0.761. The Kier molecular flexibility index (Phi) is 7.26. The van der Waals surface area contributed by atoms with Gasteiger partial charge in [-0.2, -0.15) is 0 Å². The van der Waals surface area contributed by atoms with Crippen LogP contribution in [0, 0.1) is 5.92 Å². The highest BCUT2D eigenvalue weighted by Crippen LogP contribution is 2.18. The lowest BCUT2D eigenvalue weighted by molar-refractivity contribution is 0.0463. The smallest absolute Gasteiger partial charge is 0.273 e. The quantitative estimate of drug-likeness (QED) is 0.754. The first kappa shape index (κ1) is 20.3. The van der Waals surface area contributed by atoms with Gasteiger partial charge in [0, 0.05) is 38.8 Å². The van der Waals surface area contributed by atoms with E-state index in [0.29, 0.717) is 18.1 Å². The van der Waals surface area contributed by atoms with Crippen LogP contribution in [0.1, 0.15) is 62.3 Å². The number of aliphatic hydroxyl groups excluding tert-OH is 1. The molecule has 3 rings (SSSR count). The largest absolute Gasteiger partial charge is 0.447 e. The number of carbonyl (C=O) groups excluding carboxylic acids is 1. The topological polar surface area (TPSA) is 81.8 Å². The molecule has 0 aromatic carbocycles. The van der Waals surface area contributed by atoms with Crippen LogP contribution in [0.4, 0.5) is 0 Å². The molecule has 1 aromatic heterocycles. The number of aliphatic hydroxyl groups is 1. The second kappa shape index (κ2) is 9.66. The molecule has 1 aliphatic carbocycles. The number of nitrogens with zero attached hydrogens (tertiary/aromatic N) is 3. The molecular weight excluding hydrogens is 344 g/mol. The van der Waals surface area contributed by atoms with Crippen molar-refractivity contribution in [3.63, 3.8) is 0 Å². The molecule has 1 aliphatic heterocycles. The van der Waals surface area contributed by atoms with E-state index in [0.717, 1.165) is 45.6 Å². The average molecular weight is 379 g/mol. The van der Waals surface area contributed by atoms with Gasteiger partial charge in [-0.1, -0.05) is 33.1 Å². The summed E-state index contributed by atoms with van der Waals surface area (Å²) in [6, 6.07) is 0.278. The van der Waals surface area contributed by atoms with Crippen LogP contribution in [0.15, 0.2) is 10.7 Å². The van der Waals surface area contributed by atoms with Crippen LogP contribution < -0.4 is 5.32 Å². The van der Waals surface area contributed by atoms with Crippen LogP contribution in [-0.2, 0) is 6.54 Å². The van der Waals surface area contributed by atoms with E-state index in [2.05, 4.69) is 20.1 Å². The first-order valence-corrected chi connectivity index (χ1v) is 10.4. The summed E-state index contributed by atoms with van der Waals surface area (Å²) in [5.41, 5.74) is 0.384. The fourth-order valence-corrected chi connectivity index (χ4v) is 3.79. The summed E-state index contributed by atoms with van der Waals surface area (Å²) in [7, 11) is 0. The molecule has 1 atom stereocenters. The van der Waals surface area contributed by atoms with Gasteiger partial charge >= 0.3 is 0 Å². The van der Waals surface area contributed by atoms with Crippen molar-refractivity contribution in [1.29, 1.82) is 0 Å². The molecule has 7 heteroatoms. The third-order valence-corrected chi connectivity index (χ3v) is 5.76. The minimum atomic E-state index is -0.270. The zero-order chi connectivity index (χ0) is 19.2. The van der Waals surface area contributed by atoms with E-state index in [1.165, 1.54) is 25.5 Å². The van der Waals surface area contributed by atoms with Crippen LogP contribution >= 0.6 is 0 Å². The second-order valence-electron chi connectivity index (χ2n) is 8.32. The normalized spacial score (nSPS) is 21.5. The summed E-state index contributed by atoms with van der Waals surface area (Å²) < 4.78 is 5.53. The molecule has 2 aliphatic rings. The van der Waals surface area contributed by atoms with Gasteiger partial charge in [0.15, 0.2) is 5.69 Å². The molecule has 27 heavy (non-hydrogen) atoms. The van der Waals surface area contributed by atoms with Gasteiger partial charge in [-0.3, -0.25) is 14.6 Å². The Labute approximate surface area is 162 Å². The van der Waals surface area contributed by atoms with Gasteiger partial charge in [-0.15, -0.1) is 0 Å². The Morgan fingerprint density at radius 3 is 2.56 bits per heavy atom. The van der Waals surface area contributed by atoms with Crippen molar-refractivity contribution in [3.05, 3.63) is 17.8 Å². The van der Waals surface area contributed by atoms with Gasteiger partial charge in [0.25, 0.3) is 5.91 Å². The molecule has 1 unspecified atom stereocenters. The molecule has 152 valence electrons. The van der Waals surface area contributed by atoms with Gasteiger partial charge in [0.05, 0.1) is 12.6 Å². The molecule has 0 spiro atoms. The maximum atomic E-state index is 12.3. The number of rotatable bonds is 7. The molecule has 1 saturated heterocycles. The van der Waals surface area contributed by atoms with Crippen LogP contribution in [0.5, 0.6) is 0 Å². The molecule has 1 saturated carbocycles. The number of hydrogen-bond acceptors (Lipinski definition) is 6. The van der Waals surface area contributed by atoms with E-state index in [-0.39, 0.29) is 24.0 Å². The van der Waals surface area contributed by atoms with Crippen LogP contribution in [0.2, 0.25) is 0 Å². The van der Waals surface area contributed by atoms with Crippen molar-refractivity contribution in [1.82, 2.24) is 20.1 Å². The van der Waals surface area contributed by atoms with Gasteiger partial charge in [0.1, 0.15) is 6.26 Å². The van der Waals surface area contributed by atoms with Crippen LogP contribution in [0.3, 0.4) is 0 Å². The number of aromatic nitrogens is 1. The predicted octanol–water partition coefficient (Wildman–Crippen LogP) is 1.87. The SMILES string of the molecule is CC(C)C(O)CN1CCN(Cc2nc(C(=O)NC3CCCCC3)co2)CC1. The van der Waals surface area contributed by atoms with E-state index >= 15 is 0 Å². The highest BCUT2D eigenvalue weighted by Gasteiger charge is 2.23. The Bertz CT molecular complexity index is 590. The molecule has 1 aromatic rings. The van der Waals surface area contributed by atoms with E-state index < -0.39 is 0 Å². The van der Waals surface area contributed by atoms with Crippen LogP contribution in [-0.4, -0.2) is 70.7 Å². The molecule has 2 fully saturated rings. The molecule has 2 heterocycles. The van der Waals surface area contributed by atoms with Crippen molar-refractivity contribution in [2.45, 2.75) is 64.6 Å². The molecule has 0 radical (unpaired) electrons. The van der Waals surface area contributed by atoms with Crippen molar-refractivity contribution in [3.8, 4) is 0 Å². The monoisotopic (exact) mass is 378 g/mol. The number of amides is 1. The number of β-amino-alcohol motifs (C(OH)–C–C–N with tert-alkyl or cyclic N) is 1. The maximum absolute atomic E-state index is 12.3. The zero-order valence-corrected chi connectivity index (χ0v) is 16.7. The minimum absolute atomic E-state index is 0.121. The number of piperazine rings is 1. The third-order valence-electron chi connectivity index (χ3n) is 5.76. The fourth-order valence-electron chi connectivity index (χ4n) is 3.79. The molecule has 7 nitrogen and oxygen atoms in total. The van der Waals surface area contributed by atoms with Gasteiger partial charge in [-0.05, 0) is 18.8 Å². The van der Waals surface area contributed by atoms with Gasteiger partial charge in [0.2, 0.25) is 5.89 Å². The fraction of sp³-hybridized carbons (Fsp3) is 0.800. The lowest BCUT2D eigenvalue weighted by Crippen LogP contribution is -2.48. The number of nitrogens with one attached hydrogen (secondary N) is 1. The Morgan fingerprint density at radius 1 is 1.22 bits per heavy atom. The lowest BCUT2D eigenvalue weighted by Gasteiger charge is -2.35. The molecule has 0 bridgehead atoms. The summed E-state index contributed by atoms with van der Waals surface area (Å²) >= 11 is 0. The highest BCUT2D eigenvalue weighted by molar-refractivity contribution is 5.92. The summed E-state index contributed by atoms with van der Waals surface area (Å²) in [6.07, 6.45) is 6.98. The standard InChI is InChI=1S/C20H34N4O3/c1-15(2)18(25)12-23-8-10-24(11-9-23)13-19-22-17(14-27-19)20(26)21-16-6-4-3-5-7-16/h14-16,18,25H,3-13H2,1-2H3,(H,21,26). The Morgan fingerprint density at radius 2 is 1.89 bits per heavy atom. The van der Waals surface area contributed by atoms with E-state index in [9.17, 15) is 9.90 Å². The zero-order valence-electron chi connectivity index (χ0n) is 16.7. The van der Waals surface area contributed by atoms with E-state index in [4.69, 9.17) is 4.42 Å². The summed E-state index contributed by atoms with van der Waals surface area (Å²) in [4.78, 5) is 21.3. The number of hydrogen-bond donors (Lipinski definition) is 2. The van der Waals surface area contributed by atoms with E-state index in [1.54, 1.807) is 0 Å². The van der Waals surface area contributed by atoms with Crippen molar-refractivity contribution in [2.75, 3.05) is 32.7 Å². The lowest BCUT2D eigenvalue weighted by atomic mass is 9.95. The van der Waals surface area contributed by atoms with Crippen LogP contribution in [0.25, 0.3) is 0 Å². The number of oxazole rings is 1. The first-order chi connectivity index (χ1) is 13.0. The summed E-state index contributed by atoms with van der Waals surface area (Å²) in [6.45, 7) is 9.14. The molecular formula is C20H34N4O3. The van der Waals surface area contributed by atoms with Crippen molar-refractivity contribution >= 4 is 5.91 Å². The second-order valence-corrected chi connectivity index (χ2v) is 8.32. The first-order valence-electron chi connectivity index (χ1n) is 10.4. The maximum Gasteiger partial charge on any atom is 0.273 e. The van der Waals surface area contributed by atoms with Gasteiger partial charge < -0.3 is 14.8 Å². The van der Waals surface area contributed by atoms with E-state index in [1.807, 2.05) is 13.8 Å². The third kappa shape index (κ3) is 6.02. The average Bonchev–Trinajstić information content (AvgIpc) is 3.13. The highest BCUT2D eigenvalue weighted by atomic mass is 16.3. The Balaban J connectivity index is 1.42. The molecule has 1 amide bonds.